The molecule has 0 bridgehead atoms. The van der Waals surface area contributed by atoms with Gasteiger partial charge in [0.1, 0.15) is 4.90 Å². The third kappa shape index (κ3) is 3.61. The highest BCUT2D eigenvalue weighted by Gasteiger charge is 2.40. The van der Waals surface area contributed by atoms with Gasteiger partial charge in [-0.2, -0.15) is 0 Å². The van der Waals surface area contributed by atoms with E-state index in [0.29, 0.717) is 17.4 Å². The van der Waals surface area contributed by atoms with Crippen LogP contribution in [-0.4, -0.2) is 21.0 Å². The van der Waals surface area contributed by atoms with Crippen molar-refractivity contribution in [2.75, 3.05) is 6.54 Å². The van der Waals surface area contributed by atoms with Crippen LogP contribution in [0.5, 0.6) is 0 Å². The Bertz CT molecular complexity index is 552. The molecule has 1 heterocycles. The SMILES string of the molecule is CCCC1CC1NS(=O)(=O)c1c(C)csc1CNCC. The van der Waals surface area contributed by atoms with Crippen LogP contribution in [0.2, 0.25) is 0 Å². The van der Waals surface area contributed by atoms with E-state index in [1.165, 1.54) is 11.3 Å². The molecule has 1 aromatic heterocycles. The number of thiophene rings is 1. The standard InChI is InChI=1S/C14H24N2O2S2/c1-4-6-11-7-12(11)16-20(17,18)14-10(3)9-19-13(14)8-15-5-2/h9,11-12,15-16H,4-8H2,1-3H3. The summed E-state index contributed by atoms with van der Waals surface area (Å²) >= 11 is 1.52. The summed E-state index contributed by atoms with van der Waals surface area (Å²) in [4.78, 5) is 1.40. The molecule has 20 heavy (non-hydrogen) atoms. The van der Waals surface area contributed by atoms with E-state index in [4.69, 9.17) is 0 Å². The molecular formula is C14H24N2O2S2. The van der Waals surface area contributed by atoms with Crippen LogP contribution in [0.15, 0.2) is 10.3 Å². The quantitative estimate of drug-likeness (QED) is 0.775. The average Bonchev–Trinajstić information content (AvgIpc) is 2.97. The number of hydrogen-bond acceptors (Lipinski definition) is 4. The van der Waals surface area contributed by atoms with Gasteiger partial charge in [-0.15, -0.1) is 11.3 Å². The lowest BCUT2D eigenvalue weighted by atomic mass is 10.2. The van der Waals surface area contributed by atoms with Crippen molar-refractivity contribution in [2.24, 2.45) is 5.92 Å². The first kappa shape index (κ1) is 15.9. The number of aryl methyl sites for hydroxylation is 1. The van der Waals surface area contributed by atoms with E-state index in [-0.39, 0.29) is 6.04 Å². The van der Waals surface area contributed by atoms with Crippen molar-refractivity contribution >= 4 is 21.4 Å². The molecule has 0 spiro atoms. The molecule has 1 aromatic rings. The Hall–Kier alpha value is -0.430. The van der Waals surface area contributed by atoms with Crippen LogP contribution < -0.4 is 10.0 Å². The lowest BCUT2D eigenvalue weighted by molar-refractivity contribution is 0.571. The fourth-order valence-electron chi connectivity index (χ4n) is 2.55. The Morgan fingerprint density at radius 1 is 1.40 bits per heavy atom. The fraction of sp³-hybridized carbons (Fsp3) is 0.714. The minimum atomic E-state index is -3.38. The third-order valence-corrected chi connectivity index (χ3v) is 6.63. The van der Waals surface area contributed by atoms with E-state index < -0.39 is 10.0 Å². The van der Waals surface area contributed by atoms with Gasteiger partial charge in [0.25, 0.3) is 0 Å². The molecule has 1 fully saturated rings. The van der Waals surface area contributed by atoms with Crippen LogP contribution >= 0.6 is 11.3 Å². The minimum Gasteiger partial charge on any atom is -0.312 e. The number of hydrogen-bond donors (Lipinski definition) is 2. The monoisotopic (exact) mass is 316 g/mol. The van der Waals surface area contributed by atoms with Gasteiger partial charge in [0, 0.05) is 17.5 Å². The highest BCUT2D eigenvalue weighted by molar-refractivity contribution is 7.89. The average molecular weight is 316 g/mol. The second-order valence-electron chi connectivity index (χ2n) is 5.46. The van der Waals surface area contributed by atoms with Gasteiger partial charge in [-0.05, 0) is 43.2 Å². The van der Waals surface area contributed by atoms with Gasteiger partial charge in [0.15, 0.2) is 0 Å². The maximum absolute atomic E-state index is 12.6. The summed E-state index contributed by atoms with van der Waals surface area (Å²) in [5, 5.41) is 5.13. The molecule has 4 nitrogen and oxygen atoms in total. The molecule has 1 aliphatic carbocycles. The summed E-state index contributed by atoms with van der Waals surface area (Å²) in [7, 11) is -3.38. The Labute approximate surface area is 126 Å². The topological polar surface area (TPSA) is 58.2 Å². The zero-order valence-electron chi connectivity index (χ0n) is 12.4. The van der Waals surface area contributed by atoms with Crippen molar-refractivity contribution in [3.63, 3.8) is 0 Å². The van der Waals surface area contributed by atoms with E-state index in [2.05, 4.69) is 17.0 Å². The van der Waals surface area contributed by atoms with Crippen molar-refractivity contribution in [1.29, 1.82) is 0 Å². The molecule has 6 heteroatoms. The molecule has 2 rings (SSSR count). The van der Waals surface area contributed by atoms with Crippen LogP contribution in [0.25, 0.3) is 0 Å². The van der Waals surface area contributed by atoms with E-state index in [1.807, 2.05) is 19.2 Å². The molecule has 0 aromatic carbocycles. The zero-order chi connectivity index (χ0) is 14.8. The van der Waals surface area contributed by atoms with E-state index >= 15 is 0 Å². The first-order valence-electron chi connectivity index (χ1n) is 7.29. The van der Waals surface area contributed by atoms with E-state index in [0.717, 1.165) is 36.2 Å². The Kier molecular flexibility index (Phi) is 5.23. The maximum atomic E-state index is 12.6. The normalized spacial score (nSPS) is 22.1. The molecular weight excluding hydrogens is 292 g/mol. The lowest BCUT2D eigenvalue weighted by Gasteiger charge is -2.09. The molecule has 2 unspecified atom stereocenters. The largest absolute Gasteiger partial charge is 0.312 e. The van der Waals surface area contributed by atoms with Crippen molar-refractivity contribution < 1.29 is 8.42 Å². The van der Waals surface area contributed by atoms with Crippen molar-refractivity contribution in [3.8, 4) is 0 Å². The zero-order valence-corrected chi connectivity index (χ0v) is 14.0. The Balaban J connectivity index is 2.11. The van der Waals surface area contributed by atoms with Gasteiger partial charge >= 0.3 is 0 Å². The van der Waals surface area contributed by atoms with Crippen LogP contribution in [0, 0.1) is 12.8 Å². The molecule has 1 saturated carbocycles. The molecule has 0 radical (unpaired) electrons. The highest BCUT2D eigenvalue weighted by atomic mass is 32.2. The highest BCUT2D eigenvalue weighted by Crippen LogP contribution is 2.37. The fourth-order valence-corrected chi connectivity index (χ4v) is 5.65. The second-order valence-corrected chi connectivity index (χ2v) is 8.08. The lowest BCUT2D eigenvalue weighted by Crippen LogP contribution is -2.28. The molecule has 0 aliphatic heterocycles. The predicted molar refractivity (Wildman–Crippen MR) is 83.6 cm³/mol. The molecule has 0 saturated heterocycles. The van der Waals surface area contributed by atoms with Crippen molar-refractivity contribution in [2.45, 2.75) is 57.5 Å². The van der Waals surface area contributed by atoms with Crippen LogP contribution in [0.3, 0.4) is 0 Å². The molecule has 2 N–H and O–H groups in total. The maximum Gasteiger partial charge on any atom is 0.242 e. The summed E-state index contributed by atoms with van der Waals surface area (Å²) in [6, 6.07) is 0.145. The van der Waals surface area contributed by atoms with Gasteiger partial charge in [-0.25, -0.2) is 13.1 Å². The molecule has 0 amide bonds. The number of nitrogens with one attached hydrogen (secondary N) is 2. The number of sulfonamides is 1. The first-order valence-corrected chi connectivity index (χ1v) is 9.65. The third-order valence-electron chi connectivity index (χ3n) is 3.68. The molecule has 2 atom stereocenters. The van der Waals surface area contributed by atoms with Gasteiger partial charge in [0.2, 0.25) is 10.0 Å². The van der Waals surface area contributed by atoms with Crippen LogP contribution in [0.1, 0.15) is 43.6 Å². The summed E-state index contributed by atoms with van der Waals surface area (Å²) in [5.74, 6) is 0.533. The smallest absolute Gasteiger partial charge is 0.242 e. The summed E-state index contributed by atoms with van der Waals surface area (Å²) in [6.07, 6.45) is 3.21. The second kappa shape index (κ2) is 6.56. The van der Waals surface area contributed by atoms with Crippen molar-refractivity contribution in [3.05, 3.63) is 15.8 Å². The minimum absolute atomic E-state index is 0.145. The van der Waals surface area contributed by atoms with Gasteiger partial charge in [-0.3, -0.25) is 0 Å². The predicted octanol–water partition coefficient (Wildman–Crippen LogP) is 2.63. The molecule has 1 aliphatic rings. The van der Waals surface area contributed by atoms with Gasteiger partial charge in [-0.1, -0.05) is 20.3 Å². The van der Waals surface area contributed by atoms with Crippen molar-refractivity contribution in [1.82, 2.24) is 10.0 Å². The van der Waals surface area contributed by atoms with E-state index in [1.54, 1.807) is 0 Å². The van der Waals surface area contributed by atoms with Crippen LogP contribution in [0.4, 0.5) is 0 Å². The summed E-state index contributed by atoms with van der Waals surface area (Å²) < 4.78 is 28.0. The first-order chi connectivity index (χ1) is 9.49. The Morgan fingerprint density at radius 2 is 2.15 bits per heavy atom. The van der Waals surface area contributed by atoms with Crippen LogP contribution in [-0.2, 0) is 16.6 Å². The summed E-state index contributed by atoms with van der Waals surface area (Å²) in [6.45, 7) is 7.49. The van der Waals surface area contributed by atoms with E-state index in [9.17, 15) is 8.42 Å². The summed E-state index contributed by atoms with van der Waals surface area (Å²) in [5.41, 5.74) is 0.850. The molecule has 114 valence electrons. The van der Waals surface area contributed by atoms with Gasteiger partial charge in [0.05, 0.1) is 0 Å². The Morgan fingerprint density at radius 3 is 2.80 bits per heavy atom. The van der Waals surface area contributed by atoms with Gasteiger partial charge < -0.3 is 5.32 Å². The number of rotatable bonds is 8.